The van der Waals surface area contributed by atoms with Gasteiger partial charge in [-0.05, 0) is 48.2 Å². The molecule has 0 bridgehead atoms. The predicted octanol–water partition coefficient (Wildman–Crippen LogP) is 3.79. The first-order valence-electron chi connectivity index (χ1n) is 11.6. The number of hydrogen-bond acceptors (Lipinski definition) is 6. The van der Waals surface area contributed by atoms with Crippen LogP contribution >= 0.6 is 0 Å². The highest BCUT2D eigenvalue weighted by atomic mass is 16.5. The van der Waals surface area contributed by atoms with Crippen molar-refractivity contribution in [3.63, 3.8) is 0 Å². The Bertz CT molecular complexity index is 1070. The molecule has 1 heterocycles. The molecule has 0 radical (unpaired) electrons. The first kappa shape index (κ1) is 24.0. The van der Waals surface area contributed by atoms with Gasteiger partial charge in [0.15, 0.2) is 0 Å². The van der Waals surface area contributed by atoms with Crippen molar-refractivity contribution in [1.82, 2.24) is 9.97 Å². The van der Waals surface area contributed by atoms with Gasteiger partial charge in [-0.25, -0.2) is 9.97 Å². The Hall–Kier alpha value is -3.13. The van der Waals surface area contributed by atoms with Gasteiger partial charge in [-0.3, -0.25) is 4.79 Å². The van der Waals surface area contributed by atoms with Crippen molar-refractivity contribution in [1.29, 1.82) is 0 Å². The SMILES string of the molecule is COCc1ccc(-c2ccc(N(C[C@@H](N)[C@@H](C)OC)C(=O)[C@@H]3C[C@H]3c3ccncn3)cc2)cc1. The molecular formula is C27H32N4O3. The van der Waals surface area contributed by atoms with Crippen LogP contribution in [0.1, 0.15) is 30.5 Å². The first-order chi connectivity index (χ1) is 16.5. The number of amides is 1. The monoisotopic (exact) mass is 460 g/mol. The summed E-state index contributed by atoms with van der Waals surface area (Å²) in [7, 11) is 3.33. The summed E-state index contributed by atoms with van der Waals surface area (Å²) >= 11 is 0. The molecule has 1 amide bonds. The smallest absolute Gasteiger partial charge is 0.230 e. The van der Waals surface area contributed by atoms with Gasteiger partial charge in [0.1, 0.15) is 6.33 Å². The lowest BCUT2D eigenvalue weighted by Crippen LogP contribution is -2.47. The number of hydrogen-bond donors (Lipinski definition) is 1. The molecule has 3 aromatic rings. The van der Waals surface area contributed by atoms with Crippen LogP contribution in [0.15, 0.2) is 67.1 Å². The molecule has 2 N–H and O–H groups in total. The normalized spacial score (nSPS) is 18.8. The topological polar surface area (TPSA) is 90.6 Å². The maximum absolute atomic E-state index is 13.6. The summed E-state index contributed by atoms with van der Waals surface area (Å²) in [6.45, 7) is 2.89. The second-order valence-corrected chi connectivity index (χ2v) is 8.81. The van der Waals surface area contributed by atoms with E-state index >= 15 is 0 Å². The quantitative estimate of drug-likeness (QED) is 0.495. The third-order valence-corrected chi connectivity index (χ3v) is 6.50. The number of carbonyl (C=O) groups is 1. The van der Waals surface area contributed by atoms with E-state index in [4.69, 9.17) is 15.2 Å². The van der Waals surface area contributed by atoms with Gasteiger partial charge in [0.2, 0.25) is 5.91 Å². The standard InChI is InChI=1S/C27H32N4O3/c1-18(34-3)25(28)15-31(27(32)24-14-23(24)26-12-13-29-17-30-26)22-10-8-21(9-11-22)20-6-4-19(5-7-20)16-33-2/h4-13,17-18,23-25H,14-16,28H2,1-3H3/t18-,23-,24-,25-/m1/s1. The summed E-state index contributed by atoms with van der Waals surface area (Å²) in [4.78, 5) is 23.7. The molecular weight excluding hydrogens is 428 g/mol. The maximum Gasteiger partial charge on any atom is 0.230 e. The fourth-order valence-corrected chi connectivity index (χ4v) is 4.17. The van der Waals surface area contributed by atoms with Gasteiger partial charge < -0.3 is 20.1 Å². The average molecular weight is 461 g/mol. The molecule has 178 valence electrons. The van der Waals surface area contributed by atoms with Crippen LogP contribution in [0.2, 0.25) is 0 Å². The molecule has 1 saturated carbocycles. The summed E-state index contributed by atoms with van der Waals surface area (Å²) in [5, 5.41) is 0. The molecule has 1 aromatic heterocycles. The van der Waals surface area contributed by atoms with Crippen LogP contribution < -0.4 is 10.6 Å². The van der Waals surface area contributed by atoms with Gasteiger partial charge in [-0.1, -0.05) is 36.4 Å². The Kier molecular flexibility index (Phi) is 7.67. The summed E-state index contributed by atoms with van der Waals surface area (Å²) in [5.41, 5.74) is 11.4. The van der Waals surface area contributed by atoms with E-state index in [0.717, 1.165) is 34.5 Å². The summed E-state index contributed by atoms with van der Waals surface area (Å²) < 4.78 is 10.6. The van der Waals surface area contributed by atoms with E-state index in [-0.39, 0.29) is 29.9 Å². The zero-order valence-electron chi connectivity index (χ0n) is 19.9. The van der Waals surface area contributed by atoms with Crippen molar-refractivity contribution in [2.75, 3.05) is 25.7 Å². The van der Waals surface area contributed by atoms with Gasteiger partial charge in [0, 0.05) is 56.2 Å². The number of aromatic nitrogens is 2. The zero-order chi connectivity index (χ0) is 24.1. The zero-order valence-corrected chi connectivity index (χ0v) is 19.9. The lowest BCUT2D eigenvalue weighted by atomic mass is 10.0. The van der Waals surface area contributed by atoms with Crippen molar-refractivity contribution in [2.45, 2.75) is 38.0 Å². The Morgan fingerprint density at radius 1 is 1.09 bits per heavy atom. The molecule has 1 fully saturated rings. The summed E-state index contributed by atoms with van der Waals surface area (Å²) in [6.07, 6.45) is 3.87. The minimum atomic E-state index is -0.307. The van der Waals surface area contributed by atoms with E-state index in [9.17, 15) is 4.79 Å². The molecule has 0 aliphatic heterocycles. The van der Waals surface area contributed by atoms with Gasteiger partial charge in [-0.15, -0.1) is 0 Å². The van der Waals surface area contributed by atoms with E-state index in [1.54, 1.807) is 25.3 Å². The molecule has 4 atom stereocenters. The van der Waals surface area contributed by atoms with Crippen molar-refractivity contribution in [3.05, 3.63) is 78.4 Å². The third kappa shape index (κ3) is 5.50. The van der Waals surface area contributed by atoms with E-state index in [0.29, 0.717) is 13.2 Å². The van der Waals surface area contributed by atoms with Crippen LogP contribution in [-0.4, -0.2) is 48.8 Å². The lowest BCUT2D eigenvalue weighted by molar-refractivity contribution is -0.120. The van der Waals surface area contributed by atoms with Crippen LogP contribution in [0.3, 0.4) is 0 Å². The van der Waals surface area contributed by atoms with E-state index < -0.39 is 0 Å². The second-order valence-electron chi connectivity index (χ2n) is 8.81. The highest BCUT2D eigenvalue weighted by Gasteiger charge is 2.47. The van der Waals surface area contributed by atoms with Crippen LogP contribution in [-0.2, 0) is 20.9 Å². The lowest BCUT2D eigenvalue weighted by Gasteiger charge is -2.29. The Balaban J connectivity index is 1.54. The largest absolute Gasteiger partial charge is 0.380 e. The molecule has 7 heteroatoms. The highest BCUT2D eigenvalue weighted by molar-refractivity contribution is 5.97. The molecule has 0 unspecified atom stereocenters. The fourth-order valence-electron chi connectivity index (χ4n) is 4.17. The summed E-state index contributed by atoms with van der Waals surface area (Å²) in [5.74, 6) is 0.0888. The first-order valence-corrected chi connectivity index (χ1v) is 11.6. The second kappa shape index (κ2) is 10.9. The maximum atomic E-state index is 13.6. The van der Waals surface area contributed by atoms with Gasteiger partial charge in [0.25, 0.3) is 0 Å². The number of rotatable bonds is 10. The predicted molar refractivity (Wildman–Crippen MR) is 132 cm³/mol. The Morgan fingerprint density at radius 2 is 1.76 bits per heavy atom. The molecule has 4 rings (SSSR count). The molecule has 34 heavy (non-hydrogen) atoms. The summed E-state index contributed by atoms with van der Waals surface area (Å²) in [6, 6.07) is 17.9. The number of methoxy groups -OCH3 is 2. The van der Waals surface area contributed by atoms with E-state index in [2.05, 4.69) is 34.2 Å². The number of carbonyl (C=O) groups excluding carboxylic acids is 1. The van der Waals surface area contributed by atoms with Crippen LogP contribution in [0.4, 0.5) is 5.69 Å². The van der Waals surface area contributed by atoms with Crippen molar-refractivity contribution in [3.8, 4) is 11.1 Å². The fraction of sp³-hybridized carbons (Fsp3) is 0.370. The number of anilines is 1. The minimum absolute atomic E-state index is 0.0685. The van der Waals surface area contributed by atoms with E-state index in [1.165, 1.54) is 6.33 Å². The third-order valence-electron chi connectivity index (χ3n) is 6.50. The molecule has 0 saturated heterocycles. The Labute approximate surface area is 200 Å². The molecule has 7 nitrogen and oxygen atoms in total. The molecule has 2 aromatic carbocycles. The molecule has 1 aliphatic rings. The highest BCUT2D eigenvalue weighted by Crippen LogP contribution is 2.48. The van der Waals surface area contributed by atoms with Crippen LogP contribution in [0.25, 0.3) is 11.1 Å². The number of nitrogens with zero attached hydrogens (tertiary/aromatic N) is 3. The molecule has 1 aliphatic carbocycles. The number of nitrogens with two attached hydrogens (primary N) is 1. The Morgan fingerprint density at radius 3 is 2.35 bits per heavy atom. The van der Waals surface area contributed by atoms with Crippen molar-refractivity contribution >= 4 is 11.6 Å². The van der Waals surface area contributed by atoms with Gasteiger partial charge in [-0.2, -0.15) is 0 Å². The van der Waals surface area contributed by atoms with E-state index in [1.807, 2.05) is 37.3 Å². The van der Waals surface area contributed by atoms with Crippen molar-refractivity contribution in [2.24, 2.45) is 11.7 Å². The van der Waals surface area contributed by atoms with Crippen LogP contribution in [0.5, 0.6) is 0 Å². The van der Waals surface area contributed by atoms with Gasteiger partial charge >= 0.3 is 0 Å². The number of benzene rings is 2. The van der Waals surface area contributed by atoms with Gasteiger partial charge in [0.05, 0.1) is 12.7 Å². The van der Waals surface area contributed by atoms with Crippen LogP contribution in [0, 0.1) is 5.92 Å². The average Bonchev–Trinajstić information content (AvgIpc) is 3.69. The number of ether oxygens (including phenoxy) is 2. The minimum Gasteiger partial charge on any atom is -0.380 e. The molecule has 0 spiro atoms. The van der Waals surface area contributed by atoms with Crippen molar-refractivity contribution < 1.29 is 14.3 Å².